The van der Waals surface area contributed by atoms with Crippen LogP contribution in [0.3, 0.4) is 0 Å². The largest absolute Gasteiger partial charge is 0.320 e. The minimum atomic E-state index is -0.456. The van der Waals surface area contributed by atoms with E-state index in [1.165, 1.54) is 16.8 Å². The number of H-pyrrole nitrogens is 1. The van der Waals surface area contributed by atoms with E-state index in [0.29, 0.717) is 17.0 Å². The summed E-state index contributed by atoms with van der Waals surface area (Å²) in [5.74, 6) is 0. The maximum Gasteiger partial charge on any atom is 0.267 e. The van der Waals surface area contributed by atoms with Crippen molar-refractivity contribution in [3.05, 3.63) is 74.8 Å². The van der Waals surface area contributed by atoms with Crippen LogP contribution in [-0.4, -0.2) is 14.8 Å². The Bertz CT molecular complexity index is 1070. The first-order valence-electron chi connectivity index (χ1n) is 7.84. The molecule has 3 rings (SSSR count). The highest BCUT2D eigenvalue weighted by Gasteiger charge is 2.15. The van der Waals surface area contributed by atoms with Crippen molar-refractivity contribution in [1.29, 1.82) is 5.26 Å². The maximum absolute atomic E-state index is 12.1. The Morgan fingerprint density at radius 2 is 1.84 bits per heavy atom. The molecule has 0 saturated heterocycles. The molecule has 0 saturated carbocycles. The minimum Gasteiger partial charge on any atom is -0.320 e. The predicted octanol–water partition coefficient (Wildman–Crippen LogP) is 2.72. The Morgan fingerprint density at radius 1 is 1.12 bits per heavy atom. The predicted molar refractivity (Wildman–Crippen MR) is 95.1 cm³/mol. The Morgan fingerprint density at radius 3 is 2.48 bits per heavy atom. The molecule has 0 unspecified atom stereocenters. The lowest BCUT2D eigenvalue weighted by Gasteiger charge is -2.13. The third-order valence-corrected chi connectivity index (χ3v) is 3.81. The number of aromatic nitrogens is 3. The summed E-state index contributed by atoms with van der Waals surface area (Å²) in [6, 6.07) is 15.7. The quantitative estimate of drug-likeness (QED) is 0.798. The van der Waals surface area contributed by atoms with E-state index >= 15 is 0 Å². The molecule has 0 atom stereocenters. The van der Waals surface area contributed by atoms with Gasteiger partial charge >= 0.3 is 0 Å². The molecular weight excluding hydrogens is 316 g/mol. The van der Waals surface area contributed by atoms with Gasteiger partial charge in [0.25, 0.3) is 11.1 Å². The van der Waals surface area contributed by atoms with Crippen molar-refractivity contribution in [2.45, 2.75) is 19.9 Å². The zero-order valence-corrected chi connectivity index (χ0v) is 13.9. The van der Waals surface area contributed by atoms with Gasteiger partial charge in [-0.1, -0.05) is 30.3 Å². The Kier molecular flexibility index (Phi) is 4.31. The zero-order valence-electron chi connectivity index (χ0n) is 13.9. The molecule has 0 radical (unpaired) electrons. The number of nitrogens with zero attached hydrogens (tertiary/aromatic N) is 3. The molecule has 1 aromatic carbocycles. The Labute approximate surface area is 144 Å². The average Bonchev–Trinajstić information content (AvgIpc) is 2.62. The molecule has 2 aromatic heterocycles. The molecule has 25 heavy (non-hydrogen) atoms. The summed E-state index contributed by atoms with van der Waals surface area (Å²) < 4.78 is 1.38. The van der Waals surface area contributed by atoms with Crippen LogP contribution in [0.15, 0.2) is 58.1 Å². The molecule has 0 aliphatic carbocycles. The van der Waals surface area contributed by atoms with Crippen LogP contribution >= 0.6 is 0 Å². The third-order valence-electron chi connectivity index (χ3n) is 3.81. The van der Waals surface area contributed by atoms with Crippen LogP contribution in [0.1, 0.15) is 25.5 Å². The molecule has 1 N–H and O–H groups in total. The van der Waals surface area contributed by atoms with Gasteiger partial charge < -0.3 is 4.98 Å². The van der Waals surface area contributed by atoms with Gasteiger partial charge in [0.15, 0.2) is 0 Å². The van der Waals surface area contributed by atoms with Crippen LogP contribution in [0.4, 0.5) is 0 Å². The second kappa shape index (κ2) is 6.57. The first kappa shape index (κ1) is 16.4. The van der Waals surface area contributed by atoms with E-state index in [2.05, 4.69) is 10.1 Å². The fraction of sp³-hybridized carbons (Fsp3) is 0.158. The summed E-state index contributed by atoms with van der Waals surface area (Å²) in [5.41, 5.74) is 1.80. The van der Waals surface area contributed by atoms with Crippen molar-refractivity contribution in [2.24, 2.45) is 0 Å². The lowest BCUT2D eigenvalue weighted by molar-refractivity contribution is 0.505. The second-order valence-electron chi connectivity index (χ2n) is 5.87. The lowest BCUT2D eigenvalue weighted by Crippen LogP contribution is -2.24. The molecule has 0 amide bonds. The Hall–Kier alpha value is -3.46. The summed E-state index contributed by atoms with van der Waals surface area (Å²) in [7, 11) is 0. The molecule has 2 heterocycles. The number of benzene rings is 1. The van der Waals surface area contributed by atoms with E-state index in [0.717, 1.165) is 5.56 Å². The molecule has 3 aromatic rings. The van der Waals surface area contributed by atoms with Crippen molar-refractivity contribution < 1.29 is 0 Å². The molecule has 0 spiro atoms. The standard InChI is InChI=1S/C19H16N4O2/c1-12(2)23-17(24)9-8-16(22-23)15-10-14(11-20)19(25)21-18(15)13-6-4-3-5-7-13/h3-10,12H,1-2H3,(H,21,25). The highest BCUT2D eigenvalue weighted by Crippen LogP contribution is 2.28. The number of pyridine rings is 1. The van der Waals surface area contributed by atoms with Gasteiger partial charge in [0.05, 0.1) is 17.4 Å². The number of rotatable bonds is 3. The number of hydrogen-bond acceptors (Lipinski definition) is 4. The van der Waals surface area contributed by atoms with Crippen LogP contribution < -0.4 is 11.1 Å². The monoisotopic (exact) mass is 332 g/mol. The van der Waals surface area contributed by atoms with E-state index in [-0.39, 0.29) is 17.2 Å². The van der Waals surface area contributed by atoms with Crippen molar-refractivity contribution >= 4 is 0 Å². The fourth-order valence-electron chi connectivity index (χ4n) is 2.59. The molecule has 6 heteroatoms. The SMILES string of the molecule is CC(C)n1nc(-c2cc(C#N)c(=O)[nH]c2-c2ccccc2)ccc1=O. The van der Waals surface area contributed by atoms with Crippen molar-refractivity contribution in [1.82, 2.24) is 14.8 Å². The topological polar surface area (TPSA) is 91.5 Å². The molecule has 0 bridgehead atoms. The molecule has 0 aliphatic rings. The molecule has 124 valence electrons. The summed E-state index contributed by atoms with van der Waals surface area (Å²) in [5, 5.41) is 13.6. The highest BCUT2D eigenvalue weighted by atomic mass is 16.1. The smallest absolute Gasteiger partial charge is 0.267 e. The number of nitriles is 1. The van der Waals surface area contributed by atoms with Gasteiger partial charge in [-0.05, 0) is 31.5 Å². The summed E-state index contributed by atoms with van der Waals surface area (Å²) in [4.78, 5) is 26.8. The lowest BCUT2D eigenvalue weighted by atomic mass is 10.0. The fourth-order valence-corrected chi connectivity index (χ4v) is 2.59. The van der Waals surface area contributed by atoms with Gasteiger partial charge in [-0.2, -0.15) is 10.4 Å². The first-order chi connectivity index (χ1) is 12.0. The van der Waals surface area contributed by atoms with Gasteiger partial charge in [0.1, 0.15) is 11.6 Å². The van der Waals surface area contributed by atoms with Crippen LogP contribution in [-0.2, 0) is 0 Å². The highest BCUT2D eigenvalue weighted by molar-refractivity contribution is 5.79. The summed E-state index contributed by atoms with van der Waals surface area (Å²) in [6.45, 7) is 3.73. The van der Waals surface area contributed by atoms with E-state index in [4.69, 9.17) is 0 Å². The van der Waals surface area contributed by atoms with Crippen LogP contribution in [0.2, 0.25) is 0 Å². The van der Waals surface area contributed by atoms with E-state index in [1.54, 1.807) is 6.07 Å². The second-order valence-corrected chi connectivity index (χ2v) is 5.87. The number of nitrogens with one attached hydrogen (secondary N) is 1. The van der Waals surface area contributed by atoms with Gasteiger partial charge in [0, 0.05) is 11.6 Å². The summed E-state index contributed by atoms with van der Waals surface area (Å²) in [6.07, 6.45) is 0. The van der Waals surface area contributed by atoms with Crippen LogP contribution in [0.5, 0.6) is 0 Å². The van der Waals surface area contributed by atoms with Crippen LogP contribution in [0.25, 0.3) is 22.5 Å². The summed E-state index contributed by atoms with van der Waals surface area (Å²) >= 11 is 0. The van der Waals surface area contributed by atoms with E-state index in [9.17, 15) is 14.9 Å². The minimum absolute atomic E-state index is 0.00113. The van der Waals surface area contributed by atoms with Crippen molar-refractivity contribution in [2.75, 3.05) is 0 Å². The zero-order chi connectivity index (χ0) is 18.0. The van der Waals surface area contributed by atoms with Crippen molar-refractivity contribution in [3.63, 3.8) is 0 Å². The Balaban J connectivity index is 2.32. The first-order valence-corrected chi connectivity index (χ1v) is 7.84. The van der Waals surface area contributed by atoms with Gasteiger partial charge in [-0.25, -0.2) is 4.68 Å². The van der Waals surface area contributed by atoms with E-state index < -0.39 is 5.56 Å². The molecular formula is C19H16N4O2. The van der Waals surface area contributed by atoms with Crippen LogP contribution in [0, 0.1) is 11.3 Å². The average molecular weight is 332 g/mol. The molecule has 0 aliphatic heterocycles. The number of hydrogen-bond donors (Lipinski definition) is 1. The molecule has 6 nitrogen and oxygen atoms in total. The van der Waals surface area contributed by atoms with Gasteiger partial charge in [-0.3, -0.25) is 9.59 Å². The van der Waals surface area contributed by atoms with Crippen molar-refractivity contribution in [3.8, 4) is 28.6 Å². The van der Waals surface area contributed by atoms with E-state index in [1.807, 2.05) is 50.2 Å². The maximum atomic E-state index is 12.1. The van der Waals surface area contributed by atoms with Gasteiger partial charge in [-0.15, -0.1) is 0 Å². The third kappa shape index (κ3) is 3.12. The number of aromatic amines is 1. The van der Waals surface area contributed by atoms with Gasteiger partial charge in [0.2, 0.25) is 0 Å². The normalized spacial score (nSPS) is 10.6. The molecule has 0 fully saturated rings.